The molecule has 0 heterocycles. The molecule has 0 fully saturated rings. The summed E-state index contributed by atoms with van der Waals surface area (Å²) < 4.78 is 5.33. The third-order valence-electron chi connectivity index (χ3n) is 5.83. The van der Waals surface area contributed by atoms with Crippen LogP contribution in [-0.2, 0) is 14.3 Å². The summed E-state index contributed by atoms with van der Waals surface area (Å²) in [4.78, 5) is 23.3. The molecule has 0 amide bonds. The second-order valence-electron chi connectivity index (χ2n) is 8.15. The molecule has 0 aliphatic heterocycles. The van der Waals surface area contributed by atoms with E-state index >= 15 is 0 Å². The zero-order chi connectivity index (χ0) is 19.9. The number of unbranched alkanes of at least 4 members (excludes halogenated alkanes) is 8. The summed E-state index contributed by atoms with van der Waals surface area (Å²) in [6.45, 7) is 5.03. The molecule has 4 nitrogen and oxygen atoms in total. The van der Waals surface area contributed by atoms with Crippen molar-refractivity contribution < 1.29 is 19.4 Å². The fraction of sp³-hybridized carbons (Fsp3) is 0.826. The summed E-state index contributed by atoms with van der Waals surface area (Å²) in [6, 6.07) is 0. The Morgan fingerprint density at radius 1 is 0.926 bits per heavy atom. The van der Waals surface area contributed by atoms with Gasteiger partial charge in [-0.25, -0.2) is 0 Å². The van der Waals surface area contributed by atoms with Crippen molar-refractivity contribution in [1.82, 2.24) is 0 Å². The van der Waals surface area contributed by atoms with Crippen LogP contribution in [0.15, 0.2) is 12.2 Å². The molecule has 0 spiro atoms. The number of rotatable bonds is 15. The van der Waals surface area contributed by atoms with Gasteiger partial charge in [-0.2, -0.15) is 0 Å². The van der Waals surface area contributed by atoms with Crippen molar-refractivity contribution in [1.29, 1.82) is 0 Å². The normalized spacial score (nSPS) is 20.4. The molecule has 1 rings (SSSR count). The van der Waals surface area contributed by atoms with Gasteiger partial charge in [-0.3, -0.25) is 9.59 Å². The largest absolute Gasteiger partial charge is 0.481 e. The average molecular weight is 381 g/mol. The van der Waals surface area contributed by atoms with Crippen LogP contribution in [0.2, 0.25) is 0 Å². The van der Waals surface area contributed by atoms with E-state index in [1.54, 1.807) is 0 Å². The molecule has 0 saturated carbocycles. The number of carbonyl (C=O) groups excluding carboxylic acids is 1. The molecule has 3 unspecified atom stereocenters. The van der Waals surface area contributed by atoms with Crippen LogP contribution in [0.1, 0.15) is 97.3 Å². The number of esters is 1. The topological polar surface area (TPSA) is 63.6 Å². The second kappa shape index (κ2) is 14.7. The Morgan fingerprint density at radius 2 is 1.44 bits per heavy atom. The number of carboxylic acids is 1. The van der Waals surface area contributed by atoms with Crippen LogP contribution in [-0.4, -0.2) is 23.7 Å². The van der Waals surface area contributed by atoms with Gasteiger partial charge >= 0.3 is 11.9 Å². The number of ether oxygens (including phenoxy) is 1. The first-order chi connectivity index (χ1) is 13.1. The SMILES string of the molecule is CCC(C)CCCCCCCCCCCOC(=O)C1CC=CCC1C(=O)O. The van der Waals surface area contributed by atoms with Gasteiger partial charge in [0.1, 0.15) is 0 Å². The third-order valence-corrected chi connectivity index (χ3v) is 5.83. The summed E-state index contributed by atoms with van der Waals surface area (Å²) in [5, 5.41) is 9.21. The number of hydrogen-bond donors (Lipinski definition) is 1. The Hall–Kier alpha value is -1.32. The first kappa shape index (κ1) is 23.7. The van der Waals surface area contributed by atoms with Crippen LogP contribution in [0.4, 0.5) is 0 Å². The quantitative estimate of drug-likeness (QED) is 0.210. The molecule has 0 aromatic rings. The highest BCUT2D eigenvalue weighted by atomic mass is 16.5. The molecule has 0 bridgehead atoms. The van der Waals surface area contributed by atoms with E-state index in [1.165, 1.54) is 57.8 Å². The molecule has 1 aliphatic rings. The standard InChI is InChI=1S/C23H40O4/c1-3-19(2)15-11-9-7-5-4-6-8-10-14-18-27-23(26)21-17-13-12-16-20(21)22(24)25/h12-13,19-21H,3-11,14-18H2,1-2H3,(H,24,25). The molecule has 3 atom stereocenters. The third kappa shape index (κ3) is 10.6. The Bertz CT molecular complexity index is 444. The highest BCUT2D eigenvalue weighted by molar-refractivity contribution is 5.81. The van der Waals surface area contributed by atoms with Crippen LogP contribution in [0.5, 0.6) is 0 Å². The van der Waals surface area contributed by atoms with E-state index < -0.39 is 17.8 Å². The first-order valence-corrected chi connectivity index (χ1v) is 11.1. The minimum absolute atomic E-state index is 0.343. The van der Waals surface area contributed by atoms with E-state index in [1.807, 2.05) is 12.2 Å². The van der Waals surface area contributed by atoms with Gasteiger partial charge in [0.25, 0.3) is 0 Å². The number of carboxylic acid groups (broad SMARTS) is 1. The van der Waals surface area contributed by atoms with Gasteiger partial charge in [0.05, 0.1) is 18.4 Å². The minimum Gasteiger partial charge on any atom is -0.481 e. The lowest BCUT2D eigenvalue weighted by Gasteiger charge is -2.23. The fourth-order valence-corrected chi connectivity index (χ4v) is 3.66. The monoisotopic (exact) mass is 380 g/mol. The van der Waals surface area contributed by atoms with Gasteiger partial charge in [0.15, 0.2) is 0 Å². The summed E-state index contributed by atoms with van der Waals surface area (Å²) in [7, 11) is 0. The lowest BCUT2D eigenvalue weighted by Crippen LogP contribution is -2.32. The molecule has 156 valence electrons. The van der Waals surface area contributed by atoms with E-state index in [0.717, 1.165) is 18.8 Å². The van der Waals surface area contributed by atoms with Crippen molar-refractivity contribution in [2.24, 2.45) is 17.8 Å². The summed E-state index contributed by atoms with van der Waals surface area (Å²) in [6.07, 6.45) is 18.4. The van der Waals surface area contributed by atoms with Crippen molar-refractivity contribution in [3.63, 3.8) is 0 Å². The van der Waals surface area contributed by atoms with Gasteiger partial charge in [-0.05, 0) is 25.2 Å². The summed E-state index contributed by atoms with van der Waals surface area (Å²) in [5.41, 5.74) is 0. The van der Waals surface area contributed by atoms with Crippen molar-refractivity contribution in [2.75, 3.05) is 6.61 Å². The lowest BCUT2D eigenvalue weighted by molar-refractivity contribution is -0.158. The molecule has 0 saturated heterocycles. The molecular formula is C23H40O4. The van der Waals surface area contributed by atoms with Gasteiger partial charge < -0.3 is 9.84 Å². The molecule has 0 aromatic heterocycles. The maximum atomic E-state index is 12.1. The van der Waals surface area contributed by atoms with Gasteiger partial charge in [0, 0.05) is 0 Å². The highest BCUT2D eigenvalue weighted by Crippen LogP contribution is 2.27. The average Bonchev–Trinajstić information content (AvgIpc) is 2.68. The Labute approximate surface area is 165 Å². The predicted octanol–water partition coefficient (Wildman–Crippen LogP) is 6.14. The highest BCUT2D eigenvalue weighted by Gasteiger charge is 2.34. The lowest BCUT2D eigenvalue weighted by atomic mass is 9.83. The number of allylic oxidation sites excluding steroid dienone is 2. The van der Waals surface area contributed by atoms with E-state index in [-0.39, 0.29) is 5.97 Å². The Balaban J connectivity index is 1.94. The van der Waals surface area contributed by atoms with Gasteiger partial charge in [0.2, 0.25) is 0 Å². The van der Waals surface area contributed by atoms with Crippen LogP contribution in [0.3, 0.4) is 0 Å². The van der Waals surface area contributed by atoms with E-state index in [9.17, 15) is 14.7 Å². The fourth-order valence-electron chi connectivity index (χ4n) is 3.66. The molecule has 1 aliphatic carbocycles. The Morgan fingerprint density at radius 3 is 2.00 bits per heavy atom. The van der Waals surface area contributed by atoms with Crippen LogP contribution in [0.25, 0.3) is 0 Å². The molecular weight excluding hydrogens is 340 g/mol. The molecule has 0 radical (unpaired) electrons. The smallest absolute Gasteiger partial charge is 0.310 e. The molecule has 4 heteroatoms. The molecule has 27 heavy (non-hydrogen) atoms. The van der Waals surface area contributed by atoms with E-state index in [0.29, 0.717) is 19.4 Å². The zero-order valence-corrected chi connectivity index (χ0v) is 17.5. The maximum Gasteiger partial charge on any atom is 0.310 e. The van der Waals surface area contributed by atoms with Crippen molar-refractivity contribution >= 4 is 11.9 Å². The van der Waals surface area contributed by atoms with Crippen LogP contribution in [0, 0.1) is 17.8 Å². The van der Waals surface area contributed by atoms with E-state index in [4.69, 9.17) is 4.74 Å². The number of hydrogen-bond acceptors (Lipinski definition) is 3. The van der Waals surface area contributed by atoms with E-state index in [2.05, 4.69) is 13.8 Å². The molecule has 0 aromatic carbocycles. The minimum atomic E-state index is -0.902. The predicted molar refractivity (Wildman–Crippen MR) is 110 cm³/mol. The number of aliphatic carboxylic acids is 1. The zero-order valence-electron chi connectivity index (χ0n) is 17.5. The Kier molecular flexibility index (Phi) is 12.9. The van der Waals surface area contributed by atoms with Crippen LogP contribution >= 0.6 is 0 Å². The first-order valence-electron chi connectivity index (χ1n) is 11.1. The maximum absolute atomic E-state index is 12.1. The summed E-state index contributed by atoms with van der Waals surface area (Å²) >= 11 is 0. The van der Waals surface area contributed by atoms with Crippen molar-refractivity contribution in [3.05, 3.63) is 12.2 Å². The van der Waals surface area contributed by atoms with Crippen molar-refractivity contribution in [3.8, 4) is 0 Å². The number of carbonyl (C=O) groups is 2. The van der Waals surface area contributed by atoms with Crippen LogP contribution < -0.4 is 0 Å². The second-order valence-corrected chi connectivity index (χ2v) is 8.15. The van der Waals surface area contributed by atoms with Gasteiger partial charge in [-0.15, -0.1) is 0 Å². The molecule has 1 N–H and O–H groups in total. The van der Waals surface area contributed by atoms with Crippen molar-refractivity contribution in [2.45, 2.75) is 97.3 Å². The van der Waals surface area contributed by atoms with Gasteiger partial charge in [-0.1, -0.05) is 90.2 Å². The summed E-state index contributed by atoms with van der Waals surface area (Å²) in [5.74, 6) is -1.52.